The fourth-order valence-corrected chi connectivity index (χ4v) is 10.6. The summed E-state index contributed by atoms with van der Waals surface area (Å²) in [6.07, 6.45) is 13.0. The number of thioether (sulfide) groups is 1. The van der Waals surface area contributed by atoms with Crippen molar-refractivity contribution >= 4 is 29.6 Å². The van der Waals surface area contributed by atoms with E-state index in [1.165, 1.54) is 43.0 Å². The van der Waals surface area contributed by atoms with Crippen LogP contribution in [0.3, 0.4) is 0 Å². The van der Waals surface area contributed by atoms with Gasteiger partial charge in [-0.3, -0.25) is 14.4 Å². The summed E-state index contributed by atoms with van der Waals surface area (Å²) in [5.41, 5.74) is 6.18. The maximum atomic E-state index is 13.5. The summed E-state index contributed by atoms with van der Waals surface area (Å²) >= 11 is 1.19. The molecule has 5 N–H and O–H groups in total. The number of carbonyl (C=O) groups is 3. The van der Waals surface area contributed by atoms with Crippen LogP contribution in [0.4, 0.5) is 0 Å². The quantitative estimate of drug-likeness (QED) is 0.113. The minimum absolute atomic E-state index is 0.108. The van der Waals surface area contributed by atoms with Crippen LogP contribution in [0.25, 0.3) is 0 Å². The zero-order valence-electron chi connectivity index (χ0n) is 30.6. The third-order valence-electron chi connectivity index (χ3n) is 13.0. The Morgan fingerprint density at radius 3 is 2.52 bits per heavy atom. The van der Waals surface area contributed by atoms with Crippen LogP contribution in [0.5, 0.6) is 0 Å². The molecule has 10 heteroatoms. The number of esters is 1. The highest BCUT2D eigenvalue weighted by Crippen LogP contribution is 2.67. The molecule has 0 radical (unpaired) electrons. The van der Waals surface area contributed by atoms with E-state index >= 15 is 0 Å². The lowest BCUT2D eigenvalue weighted by atomic mass is 9.47. The number of hydrogen-bond acceptors (Lipinski definition) is 8. The van der Waals surface area contributed by atoms with Gasteiger partial charge in [0.05, 0.1) is 23.4 Å². The molecule has 48 heavy (non-hydrogen) atoms. The van der Waals surface area contributed by atoms with Crippen LogP contribution in [-0.2, 0) is 23.9 Å². The van der Waals surface area contributed by atoms with Crippen LogP contribution in [0, 0.1) is 45.8 Å². The van der Waals surface area contributed by atoms with Crippen molar-refractivity contribution in [1.29, 1.82) is 0 Å². The molecule has 9 unspecified atom stereocenters. The molecule has 4 aliphatic rings. The van der Waals surface area contributed by atoms with Gasteiger partial charge in [-0.25, -0.2) is 0 Å². The van der Waals surface area contributed by atoms with Gasteiger partial charge in [0.1, 0.15) is 12.1 Å². The highest BCUT2D eigenvalue weighted by atomic mass is 32.2. The molecule has 9 atom stereocenters. The average molecular weight is 693 g/mol. The van der Waals surface area contributed by atoms with Crippen LogP contribution < -0.4 is 11.1 Å². The van der Waals surface area contributed by atoms with Gasteiger partial charge in [0.25, 0.3) is 0 Å². The van der Waals surface area contributed by atoms with Crippen molar-refractivity contribution < 1.29 is 34.1 Å². The number of aliphatic hydroxyl groups excluding tert-OH is 1. The number of amides is 1. The third kappa shape index (κ3) is 8.81. The first-order chi connectivity index (χ1) is 22.4. The molecule has 1 amide bonds. The summed E-state index contributed by atoms with van der Waals surface area (Å²) in [7, 11) is 0. The highest BCUT2D eigenvalue weighted by molar-refractivity contribution is 8.00. The minimum Gasteiger partial charge on any atom is -0.480 e. The maximum Gasteiger partial charge on any atom is 0.321 e. The topological polar surface area (TPSA) is 148 Å². The number of nitrogens with two attached hydrogens (primary N) is 1. The van der Waals surface area contributed by atoms with Crippen LogP contribution in [0.1, 0.15) is 113 Å². The molecule has 0 spiro atoms. The molecule has 0 aliphatic heterocycles. The lowest BCUT2D eigenvalue weighted by molar-refractivity contribution is -0.169. The Balaban J connectivity index is 1.24. The van der Waals surface area contributed by atoms with Crippen molar-refractivity contribution in [2.24, 2.45) is 51.6 Å². The lowest BCUT2D eigenvalue weighted by Crippen LogP contribution is -2.51. The van der Waals surface area contributed by atoms with Gasteiger partial charge in [-0.15, -0.1) is 11.8 Å². The molecule has 9 nitrogen and oxygen atoms in total. The molecule has 4 rings (SSSR count). The summed E-state index contributed by atoms with van der Waals surface area (Å²) in [4.78, 5) is 36.4. The Labute approximate surface area is 293 Å². The molecule has 0 bridgehead atoms. The highest BCUT2D eigenvalue weighted by Gasteiger charge is 2.59. The van der Waals surface area contributed by atoms with E-state index in [2.05, 4.69) is 32.2 Å². The van der Waals surface area contributed by atoms with Crippen LogP contribution in [-0.4, -0.2) is 77.1 Å². The molecule has 3 fully saturated rings. The van der Waals surface area contributed by atoms with E-state index in [1.807, 2.05) is 27.7 Å². The first kappa shape index (κ1) is 39.2. The first-order valence-electron chi connectivity index (χ1n) is 18.4. The summed E-state index contributed by atoms with van der Waals surface area (Å²) in [6, 6.07) is -0.984. The number of carbonyl (C=O) groups excluding carboxylic acids is 2. The van der Waals surface area contributed by atoms with E-state index in [-0.39, 0.29) is 41.5 Å². The predicted molar refractivity (Wildman–Crippen MR) is 190 cm³/mol. The number of carboxylic acid groups (broad SMARTS) is 1. The van der Waals surface area contributed by atoms with Gasteiger partial charge >= 0.3 is 11.9 Å². The summed E-state index contributed by atoms with van der Waals surface area (Å²) in [6.45, 7) is 16.0. The van der Waals surface area contributed by atoms with Crippen LogP contribution >= 0.6 is 11.8 Å². The van der Waals surface area contributed by atoms with Gasteiger partial charge < -0.3 is 30.7 Å². The number of carboxylic acids is 1. The Kier molecular flexibility index (Phi) is 12.8. The Bertz CT molecular complexity index is 1190. The van der Waals surface area contributed by atoms with Crippen LogP contribution in [0.2, 0.25) is 0 Å². The number of hydrogen-bond donors (Lipinski definition) is 4. The minimum atomic E-state index is -1.08. The van der Waals surface area contributed by atoms with E-state index in [0.717, 1.165) is 49.9 Å². The van der Waals surface area contributed by atoms with E-state index < -0.39 is 23.0 Å². The second kappa shape index (κ2) is 15.7. The van der Waals surface area contributed by atoms with E-state index in [0.29, 0.717) is 36.8 Å². The standard InChI is InChI=1S/C38H64N2O7S/c1-24(14-19-41)28-10-11-29-27-9-8-25-20-26(12-15-37(25,6)30(27)13-16-38(28,29)7)47-34(45)35(2,3)23-46-36(4,5)17-18-40-32(42)22-48-21-31(39)33(43)44/h8,24,26-31,41H,9-23,39H2,1-7H3,(H,40,42)(H,43,44). The summed E-state index contributed by atoms with van der Waals surface area (Å²) in [5, 5.41) is 21.3. The molecular weight excluding hydrogens is 628 g/mol. The third-order valence-corrected chi connectivity index (χ3v) is 14.0. The number of nitrogens with one attached hydrogen (secondary N) is 1. The van der Waals surface area contributed by atoms with E-state index in [1.54, 1.807) is 0 Å². The fourth-order valence-electron chi connectivity index (χ4n) is 9.83. The first-order valence-corrected chi connectivity index (χ1v) is 19.6. The number of ether oxygens (including phenoxy) is 2. The van der Waals surface area contributed by atoms with E-state index in [9.17, 15) is 19.5 Å². The Morgan fingerprint density at radius 1 is 1.10 bits per heavy atom. The van der Waals surface area contributed by atoms with Crippen molar-refractivity contribution in [3.05, 3.63) is 11.6 Å². The van der Waals surface area contributed by atoms with Gasteiger partial charge in [-0.1, -0.05) is 32.4 Å². The lowest BCUT2D eigenvalue weighted by Gasteiger charge is -2.58. The van der Waals surface area contributed by atoms with Crippen LogP contribution in [0.15, 0.2) is 11.6 Å². The van der Waals surface area contributed by atoms with E-state index in [4.69, 9.17) is 20.3 Å². The zero-order chi connectivity index (χ0) is 35.5. The van der Waals surface area contributed by atoms with Gasteiger partial charge in [0, 0.05) is 25.3 Å². The van der Waals surface area contributed by atoms with Crippen molar-refractivity contribution in [3.63, 3.8) is 0 Å². The molecule has 0 aromatic heterocycles. The predicted octanol–water partition coefficient (Wildman–Crippen LogP) is 5.97. The number of aliphatic hydroxyl groups is 1. The normalized spacial score (nSPS) is 33.0. The number of rotatable bonds is 16. The van der Waals surface area contributed by atoms with Gasteiger partial charge in [0.2, 0.25) is 5.91 Å². The smallest absolute Gasteiger partial charge is 0.321 e. The van der Waals surface area contributed by atoms with Gasteiger partial charge in [0.15, 0.2) is 0 Å². The zero-order valence-corrected chi connectivity index (χ0v) is 31.5. The SMILES string of the molecule is CC(CCO)C1CCC2C3CC=C4CC(OC(=O)C(C)(C)COC(C)(C)CCNC(=O)CSCC(N)C(=O)O)CCC4(C)C3CCC12C. The molecule has 0 saturated heterocycles. The molecule has 0 aromatic carbocycles. The monoisotopic (exact) mass is 692 g/mol. The molecule has 3 saturated carbocycles. The van der Waals surface area contributed by atoms with Gasteiger partial charge in [-0.05, 0) is 126 Å². The molecule has 0 aromatic rings. The van der Waals surface area contributed by atoms with Crippen molar-refractivity contribution in [2.75, 3.05) is 31.3 Å². The van der Waals surface area contributed by atoms with Crippen molar-refractivity contribution in [3.8, 4) is 0 Å². The van der Waals surface area contributed by atoms with Crippen molar-refractivity contribution in [1.82, 2.24) is 5.32 Å². The summed E-state index contributed by atoms with van der Waals surface area (Å²) in [5.74, 6) is 2.33. The Hall–Kier alpha value is -1.62. The molecular formula is C38H64N2O7S. The molecule has 0 heterocycles. The van der Waals surface area contributed by atoms with Crippen molar-refractivity contribution in [2.45, 2.75) is 130 Å². The Morgan fingerprint density at radius 2 is 1.83 bits per heavy atom. The maximum absolute atomic E-state index is 13.5. The van der Waals surface area contributed by atoms with Gasteiger partial charge in [-0.2, -0.15) is 0 Å². The largest absolute Gasteiger partial charge is 0.480 e. The molecule has 274 valence electrons. The number of fused-ring (bicyclic) bond motifs is 5. The average Bonchev–Trinajstić information content (AvgIpc) is 3.37. The molecule has 4 aliphatic carbocycles. The fraction of sp³-hybridized carbons (Fsp3) is 0.868. The second-order valence-corrected chi connectivity index (χ2v) is 18.3. The summed E-state index contributed by atoms with van der Waals surface area (Å²) < 4.78 is 12.4. The second-order valence-electron chi connectivity index (χ2n) is 17.2. The number of aliphatic carboxylic acids is 1. The number of allylic oxidation sites excluding steroid dienone is 1.